The number of rotatable bonds is 2. The van der Waals surface area contributed by atoms with Crippen molar-refractivity contribution in [3.63, 3.8) is 0 Å². The summed E-state index contributed by atoms with van der Waals surface area (Å²) in [6.45, 7) is 0. The molecule has 0 aliphatic carbocycles. The van der Waals surface area contributed by atoms with Gasteiger partial charge in [-0.25, -0.2) is 4.39 Å². The van der Waals surface area contributed by atoms with Crippen LogP contribution < -0.4 is 5.73 Å². The average molecular weight is 222 g/mol. The summed E-state index contributed by atoms with van der Waals surface area (Å²) in [5.74, 6) is -0.744. The van der Waals surface area contributed by atoms with E-state index in [1.807, 2.05) is 0 Å². The largest absolute Gasteiger partial charge is 0.396 e. The highest BCUT2D eigenvalue weighted by molar-refractivity contribution is 6.31. The van der Waals surface area contributed by atoms with Crippen LogP contribution in [0.3, 0.4) is 0 Å². The Morgan fingerprint density at radius 2 is 2.15 bits per heavy atom. The zero-order valence-electron chi connectivity index (χ0n) is 6.43. The summed E-state index contributed by atoms with van der Waals surface area (Å²) in [5, 5.41) is -1.03. The number of halogens is 3. The smallest absolute Gasteiger partial charge is 0.164 e. The Morgan fingerprint density at radius 3 is 2.69 bits per heavy atom. The van der Waals surface area contributed by atoms with Gasteiger partial charge in [0.1, 0.15) is 11.7 Å². The summed E-state index contributed by atoms with van der Waals surface area (Å²) < 4.78 is 13.1. The van der Waals surface area contributed by atoms with E-state index >= 15 is 0 Å². The zero-order valence-corrected chi connectivity index (χ0v) is 7.94. The van der Waals surface area contributed by atoms with Crippen LogP contribution in [-0.4, -0.2) is 6.29 Å². The predicted octanol–water partition coefficient (Wildman–Crippen LogP) is 2.54. The Bertz CT molecular complexity index is 343. The highest BCUT2D eigenvalue weighted by atomic mass is 35.5. The minimum atomic E-state index is -0.938. The van der Waals surface area contributed by atoms with Crippen molar-refractivity contribution in [2.75, 3.05) is 5.73 Å². The molecule has 0 spiro atoms. The van der Waals surface area contributed by atoms with Gasteiger partial charge in [0, 0.05) is 5.56 Å². The molecular formula is C8H6Cl2FNO. The summed E-state index contributed by atoms with van der Waals surface area (Å²) in [6, 6.07) is 2.73. The molecule has 0 saturated heterocycles. The summed E-state index contributed by atoms with van der Waals surface area (Å²) >= 11 is 11.0. The molecule has 1 aromatic rings. The molecule has 0 aromatic heterocycles. The van der Waals surface area contributed by atoms with Crippen molar-refractivity contribution < 1.29 is 9.18 Å². The molecule has 5 heteroatoms. The number of anilines is 1. The molecule has 0 radical (unpaired) electrons. The first-order valence-electron chi connectivity index (χ1n) is 3.40. The molecule has 0 saturated carbocycles. The van der Waals surface area contributed by atoms with E-state index in [-0.39, 0.29) is 16.3 Å². The fraction of sp³-hybridized carbons (Fsp3) is 0.125. The van der Waals surface area contributed by atoms with Gasteiger partial charge in [0.05, 0.1) is 10.7 Å². The Morgan fingerprint density at radius 1 is 1.54 bits per heavy atom. The Kier molecular flexibility index (Phi) is 3.12. The van der Waals surface area contributed by atoms with E-state index in [4.69, 9.17) is 28.9 Å². The van der Waals surface area contributed by atoms with Crippen molar-refractivity contribution in [2.45, 2.75) is 5.38 Å². The van der Waals surface area contributed by atoms with Gasteiger partial charge >= 0.3 is 0 Å². The van der Waals surface area contributed by atoms with Crippen LogP contribution in [0.5, 0.6) is 0 Å². The minimum Gasteiger partial charge on any atom is -0.396 e. The van der Waals surface area contributed by atoms with E-state index in [2.05, 4.69) is 0 Å². The molecule has 1 rings (SSSR count). The summed E-state index contributed by atoms with van der Waals surface area (Å²) in [6.07, 6.45) is 0.473. The molecule has 13 heavy (non-hydrogen) atoms. The number of hydrogen-bond donors (Lipinski definition) is 1. The first-order valence-corrected chi connectivity index (χ1v) is 4.22. The van der Waals surface area contributed by atoms with Crippen molar-refractivity contribution in [1.29, 1.82) is 0 Å². The lowest BCUT2D eigenvalue weighted by atomic mass is 10.1. The number of nitrogens with two attached hydrogens (primary N) is 1. The van der Waals surface area contributed by atoms with Crippen LogP contribution in [-0.2, 0) is 4.79 Å². The second-order valence-corrected chi connectivity index (χ2v) is 3.28. The van der Waals surface area contributed by atoms with Gasteiger partial charge in [-0.05, 0) is 6.07 Å². The van der Waals surface area contributed by atoms with Gasteiger partial charge in [0.2, 0.25) is 0 Å². The molecule has 0 fully saturated rings. The lowest BCUT2D eigenvalue weighted by Crippen LogP contribution is -2.01. The van der Waals surface area contributed by atoms with Crippen molar-refractivity contribution in [1.82, 2.24) is 0 Å². The molecule has 2 N–H and O–H groups in total. The lowest BCUT2D eigenvalue weighted by Gasteiger charge is -2.07. The molecule has 1 aromatic carbocycles. The fourth-order valence-electron chi connectivity index (χ4n) is 0.895. The number of benzene rings is 1. The van der Waals surface area contributed by atoms with E-state index in [9.17, 15) is 9.18 Å². The van der Waals surface area contributed by atoms with Crippen LogP contribution in [0.2, 0.25) is 5.02 Å². The molecule has 0 bridgehead atoms. The van der Waals surface area contributed by atoms with E-state index in [1.165, 1.54) is 12.1 Å². The average Bonchev–Trinajstić information content (AvgIpc) is 2.13. The maximum Gasteiger partial charge on any atom is 0.164 e. The number of alkyl halides is 1. The normalized spacial score (nSPS) is 12.5. The number of carbonyl (C=O) groups is 1. The number of hydrogen-bond acceptors (Lipinski definition) is 2. The monoisotopic (exact) mass is 221 g/mol. The van der Waals surface area contributed by atoms with E-state index in [1.54, 1.807) is 0 Å². The third-order valence-electron chi connectivity index (χ3n) is 1.58. The maximum absolute atomic E-state index is 13.1. The first-order chi connectivity index (χ1) is 6.07. The summed E-state index contributed by atoms with van der Waals surface area (Å²) in [5.41, 5.74) is 5.41. The number of nitrogen functional groups attached to an aromatic ring is 1. The van der Waals surface area contributed by atoms with Crippen LogP contribution in [0, 0.1) is 5.82 Å². The summed E-state index contributed by atoms with van der Waals surface area (Å²) in [4.78, 5) is 10.3. The van der Waals surface area contributed by atoms with Crippen LogP contribution in [0.25, 0.3) is 0 Å². The predicted molar refractivity (Wildman–Crippen MR) is 50.5 cm³/mol. The molecule has 0 aliphatic rings. The van der Waals surface area contributed by atoms with E-state index < -0.39 is 11.2 Å². The highest BCUT2D eigenvalue weighted by Gasteiger charge is 2.14. The standard InChI is InChI=1S/C8H6Cl2FNO/c9-5-2-1-4(6(10)3-13)8(12)7(5)11/h1-3,6H,12H2. The molecule has 0 amide bonds. The molecule has 1 atom stereocenters. The van der Waals surface area contributed by atoms with Crippen LogP contribution in [0.1, 0.15) is 10.9 Å². The van der Waals surface area contributed by atoms with Gasteiger partial charge in [-0.3, -0.25) is 0 Å². The van der Waals surface area contributed by atoms with Crippen molar-refractivity contribution >= 4 is 35.2 Å². The van der Waals surface area contributed by atoms with Crippen molar-refractivity contribution in [3.05, 3.63) is 28.5 Å². The van der Waals surface area contributed by atoms with Gasteiger partial charge in [0.15, 0.2) is 5.82 Å². The Hall–Kier alpha value is -0.800. The second kappa shape index (κ2) is 3.94. The molecular weight excluding hydrogens is 216 g/mol. The van der Waals surface area contributed by atoms with Crippen molar-refractivity contribution in [3.8, 4) is 0 Å². The molecule has 2 nitrogen and oxygen atoms in total. The lowest BCUT2D eigenvalue weighted by molar-refractivity contribution is -0.107. The fourth-order valence-corrected chi connectivity index (χ4v) is 1.25. The maximum atomic E-state index is 13.1. The summed E-state index contributed by atoms with van der Waals surface area (Å²) in [7, 11) is 0. The Balaban J connectivity index is 3.25. The van der Waals surface area contributed by atoms with Gasteiger partial charge in [-0.1, -0.05) is 17.7 Å². The SMILES string of the molecule is Nc1c(C(Cl)C=O)ccc(Cl)c1F. The van der Waals surface area contributed by atoms with Crippen molar-refractivity contribution in [2.24, 2.45) is 0 Å². The topological polar surface area (TPSA) is 43.1 Å². The Labute approximate surface area is 84.4 Å². The van der Waals surface area contributed by atoms with Crippen LogP contribution >= 0.6 is 23.2 Å². The second-order valence-electron chi connectivity index (χ2n) is 2.40. The number of aldehydes is 1. The van der Waals surface area contributed by atoms with Gasteiger partial charge in [-0.15, -0.1) is 11.6 Å². The van der Waals surface area contributed by atoms with Crippen LogP contribution in [0.15, 0.2) is 12.1 Å². The first kappa shape index (κ1) is 10.3. The van der Waals surface area contributed by atoms with Gasteiger partial charge < -0.3 is 10.5 Å². The molecule has 1 unspecified atom stereocenters. The zero-order chi connectivity index (χ0) is 10.0. The highest BCUT2D eigenvalue weighted by Crippen LogP contribution is 2.30. The number of carbonyl (C=O) groups excluding carboxylic acids is 1. The van der Waals surface area contributed by atoms with Gasteiger partial charge in [0.25, 0.3) is 0 Å². The molecule has 0 aliphatic heterocycles. The van der Waals surface area contributed by atoms with E-state index in [0.717, 1.165) is 0 Å². The molecule has 70 valence electrons. The van der Waals surface area contributed by atoms with Gasteiger partial charge in [-0.2, -0.15) is 0 Å². The minimum absolute atomic E-state index is 0.0870. The van der Waals surface area contributed by atoms with E-state index in [0.29, 0.717) is 6.29 Å². The third kappa shape index (κ3) is 1.92. The van der Waals surface area contributed by atoms with Crippen LogP contribution in [0.4, 0.5) is 10.1 Å². The quantitative estimate of drug-likeness (QED) is 0.474. The third-order valence-corrected chi connectivity index (χ3v) is 2.21. The molecule has 0 heterocycles.